The Morgan fingerprint density at radius 3 is 1.89 bits per heavy atom. The van der Waals surface area contributed by atoms with Crippen LogP contribution in [0.4, 0.5) is 4.39 Å². The topological polar surface area (TPSA) is 43.9 Å². The first-order chi connectivity index (χ1) is 17.1. The molecule has 4 rings (SSSR count). The molecule has 35 heavy (non-hydrogen) atoms. The van der Waals surface area contributed by atoms with Gasteiger partial charge in [0.25, 0.3) is 0 Å². The highest BCUT2D eigenvalue weighted by molar-refractivity contribution is 5.79. The number of hydrogen-bond acceptors (Lipinski definition) is 3. The van der Waals surface area contributed by atoms with E-state index in [4.69, 9.17) is 0 Å². The lowest BCUT2D eigenvalue weighted by molar-refractivity contribution is -0.132. The maximum atomic E-state index is 13.4. The Morgan fingerprint density at radius 1 is 0.714 bits per heavy atom. The van der Waals surface area contributed by atoms with Gasteiger partial charge in [-0.3, -0.25) is 14.5 Å². The van der Waals surface area contributed by atoms with Crippen LogP contribution in [0, 0.1) is 5.82 Å². The minimum atomic E-state index is -0.282. The van der Waals surface area contributed by atoms with E-state index < -0.39 is 0 Å². The van der Waals surface area contributed by atoms with E-state index in [1.165, 1.54) is 12.1 Å². The van der Waals surface area contributed by atoms with Crippen molar-refractivity contribution < 1.29 is 14.0 Å². The number of hydrogen-bond donors (Lipinski definition) is 0. The molecule has 0 saturated carbocycles. The van der Waals surface area contributed by atoms with Crippen LogP contribution in [-0.2, 0) is 29.0 Å². The van der Waals surface area contributed by atoms with Gasteiger partial charge in [0, 0.05) is 45.8 Å². The summed E-state index contributed by atoms with van der Waals surface area (Å²) >= 11 is 0. The molecule has 3 aromatic rings. The summed E-state index contributed by atoms with van der Waals surface area (Å²) in [6.07, 6.45) is 0.768. The maximum Gasteiger partial charge on any atom is 0.227 e. The molecule has 1 aliphatic heterocycles. The number of carbonyl (C=O) groups excluding carboxylic acids is 2. The molecule has 3 aromatic carbocycles. The fraction of sp³-hybridized carbons (Fsp3) is 0.310. The molecule has 0 aromatic heterocycles. The summed E-state index contributed by atoms with van der Waals surface area (Å²) < 4.78 is 13.4. The summed E-state index contributed by atoms with van der Waals surface area (Å²) in [5.74, 6) is -0.0698. The van der Waals surface area contributed by atoms with E-state index in [9.17, 15) is 14.0 Å². The van der Waals surface area contributed by atoms with E-state index >= 15 is 0 Å². The van der Waals surface area contributed by atoms with E-state index in [0.29, 0.717) is 39.0 Å². The van der Waals surface area contributed by atoms with E-state index in [0.717, 1.165) is 36.3 Å². The van der Waals surface area contributed by atoms with Crippen LogP contribution in [0.3, 0.4) is 0 Å². The third kappa shape index (κ3) is 7.49. The average Bonchev–Trinajstić information content (AvgIpc) is 2.89. The lowest BCUT2D eigenvalue weighted by atomic mass is 10.1. The second kappa shape index (κ2) is 12.3. The minimum absolute atomic E-state index is 0.0530. The molecular formula is C29H32FN3O2. The molecular weight excluding hydrogens is 441 g/mol. The molecule has 0 unspecified atom stereocenters. The molecule has 0 radical (unpaired) electrons. The Morgan fingerprint density at radius 2 is 1.29 bits per heavy atom. The predicted octanol–water partition coefficient (Wildman–Crippen LogP) is 3.78. The van der Waals surface area contributed by atoms with Crippen LogP contribution in [0.1, 0.15) is 16.7 Å². The summed E-state index contributed by atoms with van der Waals surface area (Å²) in [7, 11) is 0. The van der Waals surface area contributed by atoms with Crippen molar-refractivity contribution in [3.8, 4) is 0 Å². The van der Waals surface area contributed by atoms with Crippen molar-refractivity contribution in [2.45, 2.75) is 19.4 Å². The second-order valence-corrected chi connectivity index (χ2v) is 8.99. The zero-order valence-corrected chi connectivity index (χ0v) is 20.0. The van der Waals surface area contributed by atoms with Crippen LogP contribution in [-0.4, -0.2) is 65.8 Å². The molecule has 0 bridgehead atoms. The summed E-state index contributed by atoms with van der Waals surface area (Å²) in [6.45, 7) is 4.74. The zero-order chi connectivity index (χ0) is 24.5. The van der Waals surface area contributed by atoms with Crippen molar-refractivity contribution in [2.75, 3.05) is 39.3 Å². The molecule has 5 nitrogen and oxygen atoms in total. The highest BCUT2D eigenvalue weighted by Crippen LogP contribution is 2.12. The second-order valence-electron chi connectivity index (χ2n) is 8.99. The van der Waals surface area contributed by atoms with Crippen LogP contribution < -0.4 is 0 Å². The quantitative estimate of drug-likeness (QED) is 0.475. The molecule has 0 spiro atoms. The predicted molar refractivity (Wildman–Crippen MR) is 135 cm³/mol. The number of carbonyl (C=O) groups is 2. The number of benzene rings is 3. The molecule has 1 fully saturated rings. The Balaban J connectivity index is 1.31. The van der Waals surface area contributed by atoms with Crippen LogP contribution in [0.5, 0.6) is 0 Å². The summed E-state index contributed by atoms with van der Waals surface area (Å²) in [4.78, 5) is 31.9. The van der Waals surface area contributed by atoms with E-state index in [2.05, 4.69) is 4.90 Å². The standard InChI is InChI=1S/C29H32FN3O2/c30-27-13-11-26(12-14-27)23-33(29(35)22-25-9-5-2-6-10-25)20-17-31-15-18-32(19-16-31)28(34)21-24-7-3-1-4-8-24/h1-14H,15-23H2. The van der Waals surface area contributed by atoms with Gasteiger partial charge in [0.05, 0.1) is 12.8 Å². The Hall–Kier alpha value is -3.51. The van der Waals surface area contributed by atoms with Crippen LogP contribution >= 0.6 is 0 Å². The summed E-state index contributed by atoms with van der Waals surface area (Å²) in [5, 5.41) is 0. The van der Waals surface area contributed by atoms with Crippen molar-refractivity contribution >= 4 is 11.8 Å². The van der Waals surface area contributed by atoms with Crippen LogP contribution in [0.2, 0.25) is 0 Å². The van der Waals surface area contributed by atoms with Gasteiger partial charge in [-0.1, -0.05) is 72.8 Å². The van der Waals surface area contributed by atoms with Gasteiger partial charge in [-0.05, 0) is 28.8 Å². The van der Waals surface area contributed by atoms with Gasteiger partial charge in [0.2, 0.25) is 11.8 Å². The van der Waals surface area contributed by atoms with Gasteiger partial charge in [-0.25, -0.2) is 4.39 Å². The molecule has 6 heteroatoms. The lowest BCUT2D eigenvalue weighted by Crippen LogP contribution is -2.51. The van der Waals surface area contributed by atoms with Crippen LogP contribution in [0.25, 0.3) is 0 Å². The van der Waals surface area contributed by atoms with Crippen molar-refractivity contribution in [2.24, 2.45) is 0 Å². The average molecular weight is 474 g/mol. The SMILES string of the molecule is O=C(Cc1ccccc1)N1CCN(CCN(Cc2ccc(F)cc2)C(=O)Cc2ccccc2)CC1. The van der Waals surface area contributed by atoms with E-state index in [-0.39, 0.29) is 17.6 Å². The van der Waals surface area contributed by atoms with Gasteiger partial charge in [-0.15, -0.1) is 0 Å². The largest absolute Gasteiger partial charge is 0.340 e. The summed E-state index contributed by atoms with van der Waals surface area (Å²) in [6, 6.07) is 25.9. The third-order valence-corrected chi connectivity index (χ3v) is 6.45. The molecule has 2 amide bonds. The first kappa shape index (κ1) is 24.6. The lowest BCUT2D eigenvalue weighted by Gasteiger charge is -2.36. The number of halogens is 1. The normalized spacial score (nSPS) is 14.0. The van der Waals surface area contributed by atoms with E-state index in [1.54, 1.807) is 12.1 Å². The Kier molecular flexibility index (Phi) is 8.63. The van der Waals surface area contributed by atoms with Crippen LogP contribution in [0.15, 0.2) is 84.9 Å². The Labute approximate surface area is 206 Å². The number of amides is 2. The maximum absolute atomic E-state index is 13.4. The van der Waals surface area contributed by atoms with Gasteiger partial charge in [0.15, 0.2) is 0 Å². The number of nitrogens with zero attached hydrogens (tertiary/aromatic N) is 3. The number of rotatable bonds is 9. The minimum Gasteiger partial charge on any atom is -0.340 e. The van der Waals surface area contributed by atoms with Crippen molar-refractivity contribution in [3.05, 3.63) is 107 Å². The number of piperazine rings is 1. The molecule has 0 aliphatic carbocycles. The third-order valence-electron chi connectivity index (χ3n) is 6.45. The smallest absolute Gasteiger partial charge is 0.227 e. The van der Waals surface area contributed by atoms with Gasteiger partial charge in [-0.2, -0.15) is 0 Å². The molecule has 0 atom stereocenters. The van der Waals surface area contributed by atoms with Gasteiger partial charge < -0.3 is 9.80 Å². The molecule has 1 saturated heterocycles. The van der Waals surface area contributed by atoms with Gasteiger partial charge in [0.1, 0.15) is 5.82 Å². The first-order valence-corrected chi connectivity index (χ1v) is 12.2. The van der Waals surface area contributed by atoms with E-state index in [1.807, 2.05) is 70.5 Å². The fourth-order valence-electron chi connectivity index (χ4n) is 4.35. The van der Waals surface area contributed by atoms with Crippen molar-refractivity contribution in [1.82, 2.24) is 14.7 Å². The molecule has 182 valence electrons. The van der Waals surface area contributed by atoms with Crippen molar-refractivity contribution in [1.29, 1.82) is 0 Å². The monoisotopic (exact) mass is 473 g/mol. The molecule has 1 heterocycles. The highest BCUT2D eigenvalue weighted by Gasteiger charge is 2.22. The van der Waals surface area contributed by atoms with Gasteiger partial charge >= 0.3 is 0 Å². The summed E-state index contributed by atoms with van der Waals surface area (Å²) in [5.41, 5.74) is 2.92. The molecule has 0 N–H and O–H groups in total. The van der Waals surface area contributed by atoms with Crippen molar-refractivity contribution in [3.63, 3.8) is 0 Å². The zero-order valence-electron chi connectivity index (χ0n) is 20.0. The molecule has 1 aliphatic rings. The first-order valence-electron chi connectivity index (χ1n) is 12.2. The fourth-order valence-corrected chi connectivity index (χ4v) is 4.35. The highest BCUT2D eigenvalue weighted by atomic mass is 19.1. The Bertz CT molecular complexity index is 1080.